The van der Waals surface area contributed by atoms with E-state index >= 15 is 0 Å². The second-order valence-electron chi connectivity index (χ2n) is 5.20. The van der Waals surface area contributed by atoms with Crippen molar-refractivity contribution in [2.45, 2.75) is 25.8 Å². The average molecular weight is 286 g/mol. The Balaban J connectivity index is 1.63. The molecule has 1 atom stereocenters. The summed E-state index contributed by atoms with van der Waals surface area (Å²) in [5, 5.41) is 7.15. The van der Waals surface area contributed by atoms with E-state index in [1.165, 1.54) is 0 Å². The van der Waals surface area contributed by atoms with Crippen LogP contribution < -0.4 is 5.32 Å². The molecular weight excluding hydrogens is 268 g/mol. The van der Waals surface area contributed by atoms with Crippen LogP contribution in [-0.2, 0) is 4.79 Å². The lowest BCUT2D eigenvalue weighted by Crippen LogP contribution is -2.35. The number of hydrogen-bond acceptors (Lipinski definition) is 5. The van der Waals surface area contributed by atoms with E-state index in [-0.39, 0.29) is 18.5 Å². The molecule has 3 heterocycles. The predicted octanol–water partition coefficient (Wildman–Crippen LogP) is 2.15. The quantitative estimate of drug-likeness (QED) is 0.932. The van der Waals surface area contributed by atoms with Gasteiger partial charge >= 0.3 is 0 Å². The summed E-state index contributed by atoms with van der Waals surface area (Å²) < 4.78 is 5.12. The van der Waals surface area contributed by atoms with Gasteiger partial charge in [-0.1, -0.05) is 5.16 Å². The minimum Gasteiger partial charge on any atom is -0.375 e. The van der Waals surface area contributed by atoms with Crippen molar-refractivity contribution >= 4 is 11.6 Å². The van der Waals surface area contributed by atoms with Gasteiger partial charge in [-0.3, -0.25) is 9.78 Å². The second kappa shape index (κ2) is 5.95. The number of pyridine rings is 1. The van der Waals surface area contributed by atoms with Crippen LogP contribution in [-0.4, -0.2) is 34.0 Å². The molecule has 1 amide bonds. The van der Waals surface area contributed by atoms with Crippen molar-refractivity contribution in [3.8, 4) is 0 Å². The fourth-order valence-electron chi connectivity index (χ4n) is 2.66. The second-order valence-corrected chi connectivity index (χ2v) is 5.20. The molecular formula is C15H18N4O2. The molecule has 0 aliphatic carbocycles. The summed E-state index contributed by atoms with van der Waals surface area (Å²) in [5.74, 6) is 0.847. The summed E-state index contributed by atoms with van der Waals surface area (Å²) in [6.07, 6.45) is 5.34. The standard InChI is InChI=1S/C15H18N4O2/c1-11-8-13(18-21-11)14-5-3-7-19(14)15(20)10-17-12-4-2-6-16-9-12/h2,4,6,8-9,14,17H,3,5,7,10H2,1H3. The Morgan fingerprint density at radius 3 is 3.19 bits per heavy atom. The molecule has 1 fully saturated rings. The van der Waals surface area contributed by atoms with E-state index in [1.54, 1.807) is 12.4 Å². The van der Waals surface area contributed by atoms with E-state index in [2.05, 4.69) is 15.5 Å². The summed E-state index contributed by atoms with van der Waals surface area (Å²) in [6, 6.07) is 5.67. The van der Waals surface area contributed by atoms with Crippen molar-refractivity contribution in [1.29, 1.82) is 0 Å². The zero-order chi connectivity index (χ0) is 14.7. The van der Waals surface area contributed by atoms with Crippen molar-refractivity contribution in [3.05, 3.63) is 42.0 Å². The summed E-state index contributed by atoms with van der Waals surface area (Å²) in [7, 11) is 0. The van der Waals surface area contributed by atoms with E-state index < -0.39 is 0 Å². The van der Waals surface area contributed by atoms with Gasteiger partial charge in [0.1, 0.15) is 11.5 Å². The van der Waals surface area contributed by atoms with Gasteiger partial charge < -0.3 is 14.7 Å². The zero-order valence-corrected chi connectivity index (χ0v) is 12.0. The van der Waals surface area contributed by atoms with Crippen LogP contribution in [0.1, 0.15) is 30.3 Å². The monoisotopic (exact) mass is 286 g/mol. The van der Waals surface area contributed by atoms with Crippen molar-refractivity contribution in [2.24, 2.45) is 0 Å². The molecule has 0 bridgehead atoms. The molecule has 0 aromatic carbocycles. The number of amides is 1. The number of hydrogen-bond donors (Lipinski definition) is 1. The Hall–Kier alpha value is -2.37. The third kappa shape index (κ3) is 3.04. The Kier molecular flexibility index (Phi) is 3.85. The van der Waals surface area contributed by atoms with Gasteiger partial charge in [-0.05, 0) is 31.9 Å². The fraction of sp³-hybridized carbons (Fsp3) is 0.400. The number of carbonyl (C=O) groups is 1. The molecule has 6 heteroatoms. The molecule has 1 aliphatic rings. The summed E-state index contributed by atoms with van der Waals surface area (Å²) in [5.41, 5.74) is 1.69. The van der Waals surface area contributed by atoms with Gasteiger partial charge in [0.2, 0.25) is 5.91 Å². The van der Waals surface area contributed by atoms with Gasteiger partial charge in [0.25, 0.3) is 0 Å². The molecule has 1 unspecified atom stereocenters. The first-order valence-electron chi connectivity index (χ1n) is 7.10. The number of anilines is 1. The van der Waals surface area contributed by atoms with Gasteiger partial charge in [0.15, 0.2) is 0 Å². The lowest BCUT2D eigenvalue weighted by atomic mass is 10.1. The minimum atomic E-state index is 0.0330. The highest BCUT2D eigenvalue weighted by Crippen LogP contribution is 2.31. The first-order valence-corrected chi connectivity index (χ1v) is 7.10. The van der Waals surface area contributed by atoms with Crippen molar-refractivity contribution in [2.75, 3.05) is 18.4 Å². The highest BCUT2D eigenvalue weighted by molar-refractivity contribution is 5.81. The van der Waals surface area contributed by atoms with Crippen molar-refractivity contribution < 1.29 is 9.32 Å². The Labute approximate surface area is 123 Å². The number of nitrogens with one attached hydrogen (secondary N) is 1. The zero-order valence-electron chi connectivity index (χ0n) is 12.0. The first-order chi connectivity index (χ1) is 10.2. The Morgan fingerprint density at radius 1 is 1.57 bits per heavy atom. The Bertz CT molecular complexity index is 611. The maximum absolute atomic E-state index is 12.4. The van der Waals surface area contributed by atoms with Crippen LogP contribution in [0.3, 0.4) is 0 Å². The molecule has 1 saturated heterocycles. The molecule has 110 valence electrons. The largest absolute Gasteiger partial charge is 0.375 e. The molecule has 2 aromatic heterocycles. The molecule has 2 aromatic rings. The number of aromatic nitrogens is 2. The lowest BCUT2D eigenvalue weighted by molar-refractivity contribution is -0.130. The molecule has 0 spiro atoms. The van der Waals surface area contributed by atoms with Crippen LogP contribution in [0.4, 0.5) is 5.69 Å². The fourth-order valence-corrected chi connectivity index (χ4v) is 2.66. The van der Waals surface area contributed by atoms with Crippen molar-refractivity contribution in [3.63, 3.8) is 0 Å². The maximum Gasteiger partial charge on any atom is 0.242 e. The van der Waals surface area contributed by atoms with Gasteiger partial charge in [-0.15, -0.1) is 0 Å². The number of likely N-dealkylation sites (tertiary alicyclic amines) is 1. The van der Waals surface area contributed by atoms with Crippen molar-refractivity contribution in [1.82, 2.24) is 15.0 Å². The van der Waals surface area contributed by atoms with E-state index in [0.717, 1.165) is 36.5 Å². The number of carbonyl (C=O) groups excluding carboxylic acids is 1. The number of nitrogens with zero attached hydrogens (tertiary/aromatic N) is 3. The van der Waals surface area contributed by atoms with Crippen LogP contribution in [0.2, 0.25) is 0 Å². The molecule has 21 heavy (non-hydrogen) atoms. The molecule has 1 aliphatic heterocycles. The van der Waals surface area contributed by atoms with Crippen LogP contribution in [0, 0.1) is 6.92 Å². The lowest BCUT2D eigenvalue weighted by Gasteiger charge is -2.23. The van der Waals surface area contributed by atoms with Crippen LogP contribution in [0.15, 0.2) is 35.1 Å². The normalized spacial score (nSPS) is 18.0. The molecule has 0 saturated carbocycles. The summed E-state index contributed by atoms with van der Waals surface area (Å²) >= 11 is 0. The van der Waals surface area contributed by atoms with Gasteiger partial charge in [-0.2, -0.15) is 0 Å². The summed E-state index contributed by atoms with van der Waals surface area (Å²) in [6.45, 7) is 2.89. The van der Waals surface area contributed by atoms with Gasteiger partial charge in [0.05, 0.1) is 18.3 Å². The third-order valence-electron chi connectivity index (χ3n) is 3.67. The molecule has 3 rings (SSSR count). The molecule has 1 N–H and O–H groups in total. The first kappa shape index (κ1) is 13.6. The van der Waals surface area contributed by atoms with E-state index in [0.29, 0.717) is 0 Å². The van der Waals surface area contributed by atoms with E-state index in [4.69, 9.17) is 4.52 Å². The number of rotatable bonds is 4. The number of aryl methyl sites for hydroxylation is 1. The minimum absolute atomic E-state index is 0.0330. The predicted molar refractivity (Wildman–Crippen MR) is 77.7 cm³/mol. The highest BCUT2D eigenvalue weighted by atomic mass is 16.5. The van der Waals surface area contributed by atoms with E-state index in [9.17, 15) is 4.79 Å². The third-order valence-corrected chi connectivity index (χ3v) is 3.67. The molecule has 6 nitrogen and oxygen atoms in total. The smallest absolute Gasteiger partial charge is 0.242 e. The highest BCUT2D eigenvalue weighted by Gasteiger charge is 2.31. The summed E-state index contributed by atoms with van der Waals surface area (Å²) in [4.78, 5) is 18.3. The van der Waals surface area contributed by atoms with Gasteiger partial charge in [-0.25, -0.2) is 0 Å². The topological polar surface area (TPSA) is 71.3 Å². The SMILES string of the molecule is Cc1cc(C2CCCN2C(=O)CNc2cccnc2)no1. The van der Waals surface area contributed by atoms with E-state index in [1.807, 2.05) is 30.0 Å². The van der Waals surface area contributed by atoms with Crippen LogP contribution in [0.5, 0.6) is 0 Å². The van der Waals surface area contributed by atoms with Crippen LogP contribution >= 0.6 is 0 Å². The maximum atomic E-state index is 12.4. The Morgan fingerprint density at radius 2 is 2.48 bits per heavy atom. The van der Waals surface area contributed by atoms with Crippen LogP contribution in [0.25, 0.3) is 0 Å². The molecule has 0 radical (unpaired) electrons. The average Bonchev–Trinajstić information content (AvgIpc) is 3.14. The van der Waals surface area contributed by atoms with Gasteiger partial charge in [0, 0.05) is 25.0 Å².